The standard InChI is InChI=1S/C15H10Cl2N2O/c1-9-3-2-4-10(7-9)14-18-19-15(20-14)12-6-5-11(16)8-13(12)17/h2-8H,1H3. The van der Waals surface area contributed by atoms with Crippen molar-refractivity contribution in [2.24, 2.45) is 0 Å². The van der Waals surface area contributed by atoms with Crippen LogP contribution in [0.2, 0.25) is 10.0 Å². The van der Waals surface area contributed by atoms with Crippen LogP contribution in [0.4, 0.5) is 0 Å². The second-order valence-electron chi connectivity index (χ2n) is 4.41. The molecule has 0 radical (unpaired) electrons. The van der Waals surface area contributed by atoms with Crippen LogP contribution in [-0.2, 0) is 0 Å². The molecule has 1 aromatic heterocycles. The molecule has 0 unspecified atom stereocenters. The number of aryl methyl sites for hydroxylation is 1. The summed E-state index contributed by atoms with van der Waals surface area (Å²) in [6, 6.07) is 13.0. The molecule has 0 aliphatic rings. The van der Waals surface area contributed by atoms with Gasteiger partial charge in [0.05, 0.1) is 10.6 Å². The highest BCUT2D eigenvalue weighted by atomic mass is 35.5. The summed E-state index contributed by atoms with van der Waals surface area (Å²) in [5, 5.41) is 9.15. The third-order valence-corrected chi connectivity index (χ3v) is 3.40. The van der Waals surface area contributed by atoms with E-state index in [2.05, 4.69) is 10.2 Å². The van der Waals surface area contributed by atoms with Gasteiger partial charge in [-0.25, -0.2) is 0 Å². The average Bonchev–Trinajstić information content (AvgIpc) is 2.88. The number of rotatable bonds is 2. The Labute approximate surface area is 126 Å². The van der Waals surface area contributed by atoms with Gasteiger partial charge < -0.3 is 4.42 Å². The second-order valence-corrected chi connectivity index (χ2v) is 5.25. The minimum atomic E-state index is 0.378. The smallest absolute Gasteiger partial charge is 0.249 e. The summed E-state index contributed by atoms with van der Waals surface area (Å²) in [6.45, 7) is 2.01. The first-order valence-electron chi connectivity index (χ1n) is 5.99. The molecular weight excluding hydrogens is 295 g/mol. The zero-order chi connectivity index (χ0) is 14.1. The van der Waals surface area contributed by atoms with Crippen molar-refractivity contribution in [3.8, 4) is 22.9 Å². The molecule has 20 heavy (non-hydrogen) atoms. The minimum Gasteiger partial charge on any atom is -0.416 e. The molecule has 5 heteroatoms. The summed E-state index contributed by atoms with van der Waals surface area (Å²) in [4.78, 5) is 0. The highest BCUT2D eigenvalue weighted by Crippen LogP contribution is 2.31. The van der Waals surface area contributed by atoms with Gasteiger partial charge in [-0.2, -0.15) is 0 Å². The van der Waals surface area contributed by atoms with Gasteiger partial charge in [0, 0.05) is 10.6 Å². The predicted octanol–water partition coefficient (Wildman–Crippen LogP) is 5.02. The van der Waals surface area contributed by atoms with Gasteiger partial charge in [-0.1, -0.05) is 40.9 Å². The number of aromatic nitrogens is 2. The van der Waals surface area contributed by atoms with Gasteiger partial charge in [-0.3, -0.25) is 0 Å². The van der Waals surface area contributed by atoms with Crippen molar-refractivity contribution in [3.63, 3.8) is 0 Å². The third-order valence-electron chi connectivity index (χ3n) is 2.85. The van der Waals surface area contributed by atoms with Gasteiger partial charge in [0.2, 0.25) is 11.8 Å². The lowest BCUT2D eigenvalue weighted by atomic mass is 10.1. The van der Waals surface area contributed by atoms with E-state index in [1.54, 1.807) is 18.2 Å². The van der Waals surface area contributed by atoms with Gasteiger partial charge in [0.25, 0.3) is 0 Å². The normalized spacial score (nSPS) is 10.8. The molecule has 0 N–H and O–H groups in total. The number of halogens is 2. The van der Waals surface area contributed by atoms with Crippen LogP contribution < -0.4 is 0 Å². The van der Waals surface area contributed by atoms with Crippen LogP contribution in [0.1, 0.15) is 5.56 Å². The Morgan fingerprint density at radius 2 is 1.75 bits per heavy atom. The highest BCUT2D eigenvalue weighted by Gasteiger charge is 2.13. The van der Waals surface area contributed by atoms with Crippen molar-refractivity contribution in [3.05, 3.63) is 58.1 Å². The lowest BCUT2D eigenvalue weighted by Gasteiger charge is -1.99. The quantitative estimate of drug-likeness (QED) is 0.667. The van der Waals surface area contributed by atoms with Gasteiger partial charge in [-0.05, 0) is 37.3 Å². The molecule has 2 aromatic carbocycles. The molecule has 0 saturated carbocycles. The molecule has 0 fully saturated rings. The van der Waals surface area contributed by atoms with Crippen LogP contribution in [-0.4, -0.2) is 10.2 Å². The van der Waals surface area contributed by atoms with Crippen molar-refractivity contribution >= 4 is 23.2 Å². The molecule has 3 nitrogen and oxygen atoms in total. The first kappa shape index (κ1) is 13.2. The largest absolute Gasteiger partial charge is 0.416 e. The maximum absolute atomic E-state index is 6.13. The summed E-state index contributed by atoms with van der Waals surface area (Å²) in [5.74, 6) is 0.845. The van der Waals surface area contributed by atoms with Crippen molar-refractivity contribution in [2.45, 2.75) is 6.92 Å². The number of hydrogen-bond acceptors (Lipinski definition) is 3. The number of hydrogen-bond donors (Lipinski definition) is 0. The Morgan fingerprint density at radius 1 is 0.950 bits per heavy atom. The van der Waals surface area contributed by atoms with Crippen molar-refractivity contribution in [2.75, 3.05) is 0 Å². The first-order valence-corrected chi connectivity index (χ1v) is 6.75. The molecule has 0 spiro atoms. The number of nitrogens with zero attached hydrogens (tertiary/aromatic N) is 2. The van der Waals surface area contributed by atoms with Gasteiger partial charge in [0.15, 0.2) is 0 Å². The Hall–Kier alpha value is -1.84. The summed E-state index contributed by atoms with van der Waals surface area (Å²) < 4.78 is 5.68. The average molecular weight is 305 g/mol. The SMILES string of the molecule is Cc1cccc(-c2nnc(-c3ccc(Cl)cc3Cl)o2)c1. The van der Waals surface area contributed by atoms with E-state index in [-0.39, 0.29) is 0 Å². The topological polar surface area (TPSA) is 38.9 Å². The Morgan fingerprint density at radius 3 is 2.50 bits per heavy atom. The molecule has 100 valence electrons. The van der Waals surface area contributed by atoms with Crippen LogP contribution in [0.3, 0.4) is 0 Å². The van der Waals surface area contributed by atoms with Crippen LogP contribution in [0.25, 0.3) is 22.9 Å². The van der Waals surface area contributed by atoms with E-state index in [0.717, 1.165) is 11.1 Å². The molecule has 0 saturated heterocycles. The van der Waals surface area contributed by atoms with E-state index in [9.17, 15) is 0 Å². The van der Waals surface area contributed by atoms with E-state index in [1.807, 2.05) is 31.2 Å². The van der Waals surface area contributed by atoms with Crippen LogP contribution >= 0.6 is 23.2 Å². The highest BCUT2D eigenvalue weighted by molar-refractivity contribution is 6.36. The Kier molecular flexibility index (Phi) is 3.47. The summed E-state index contributed by atoms with van der Waals surface area (Å²) >= 11 is 12.0. The summed E-state index contributed by atoms with van der Waals surface area (Å²) in [7, 11) is 0. The van der Waals surface area contributed by atoms with Gasteiger partial charge in [-0.15, -0.1) is 10.2 Å². The molecule has 0 aliphatic carbocycles. The fraction of sp³-hybridized carbons (Fsp3) is 0.0667. The van der Waals surface area contributed by atoms with Crippen molar-refractivity contribution in [1.29, 1.82) is 0 Å². The van der Waals surface area contributed by atoms with Crippen LogP contribution in [0.15, 0.2) is 46.9 Å². The Bertz CT molecular complexity index is 768. The maximum atomic E-state index is 6.13. The summed E-state index contributed by atoms with van der Waals surface area (Å²) in [5.41, 5.74) is 2.68. The third kappa shape index (κ3) is 2.55. The van der Waals surface area contributed by atoms with E-state index >= 15 is 0 Å². The lowest BCUT2D eigenvalue weighted by molar-refractivity contribution is 0.584. The lowest BCUT2D eigenvalue weighted by Crippen LogP contribution is -1.79. The fourth-order valence-electron chi connectivity index (χ4n) is 1.89. The minimum absolute atomic E-state index is 0.378. The molecule has 0 aliphatic heterocycles. The second kappa shape index (κ2) is 5.27. The van der Waals surface area contributed by atoms with Crippen molar-refractivity contribution in [1.82, 2.24) is 10.2 Å². The maximum Gasteiger partial charge on any atom is 0.249 e. The molecule has 0 atom stereocenters. The summed E-state index contributed by atoms with van der Waals surface area (Å²) in [6.07, 6.45) is 0. The van der Waals surface area contributed by atoms with Gasteiger partial charge >= 0.3 is 0 Å². The fourth-order valence-corrected chi connectivity index (χ4v) is 2.38. The zero-order valence-electron chi connectivity index (χ0n) is 10.6. The zero-order valence-corrected chi connectivity index (χ0v) is 12.1. The monoisotopic (exact) mass is 304 g/mol. The molecule has 3 aromatic rings. The van der Waals surface area contributed by atoms with Crippen molar-refractivity contribution < 1.29 is 4.42 Å². The first-order chi connectivity index (χ1) is 9.63. The van der Waals surface area contributed by atoms with E-state index in [1.165, 1.54) is 0 Å². The van der Waals surface area contributed by atoms with Crippen LogP contribution in [0, 0.1) is 6.92 Å². The molecule has 1 heterocycles. The van der Waals surface area contributed by atoms with E-state index in [4.69, 9.17) is 27.6 Å². The molecular formula is C15H10Cl2N2O. The number of benzene rings is 2. The molecule has 0 bridgehead atoms. The van der Waals surface area contributed by atoms with E-state index in [0.29, 0.717) is 27.4 Å². The van der Waals surface area contributed by atoms with Gasteiger partial charge in [0.1, 0.15) is 0 Å². The molecule has 0 amide bonds. The predicted molar refractivity (Wildman–Crippen MR) is 79.9 cm³/mol. The van der Waals surface area contributed by atoms with Crippen LogP contribution in [0.5, 0.6) is 0 Å². The molecule has 3 rings (SSSR count). The van der Waals surface area contributed by atoms with E-state index < -0.39 is 0 Å². The Balaban J connectivity index is 2.02.